The number of rotatable bonds is 3. The van der Waals surface area contributed by atoms with Crippen LogP contribution in [0.1, 0.15) is 19.0 Å². The van der Waals surface area contributed by atoms with Gasteiger partial charge in [-0.3, -0.25) is 15.2 Å². The molecule has 0 radical (unpaired) electrons. The Morgan fingerprint density at radius 1 is 1.53 bits per heavy atom. The Kier molecular flexibility index (Phi) is 2.37. The molecule has 5 nitrogen and oxygen atoms in total. The molecule has 2 aromatic rings. The van der Waals surface area contributed by atoms with Gasteiger partial charge < -0.3 is 0 Å². The van der Waals surface area contributed by atoms with Crippen LogP contribution in [0.25, 0.3) is 10.9 Å². The van der Waals surface area contributed by atoms with E-state index in [-0.39, 0.29) is 5.69 Å². The van der Waals surface area contributed by atoms with E-state index in [1.807, 2.05) is 0 Å². The summed E-state index contributed by atoms with van der Waals surface area (Å²) in [5, 5.41) is 18.5. The second kappa shape index (κ2) is 3.68. The number of aryl methyl sites for hydroxylation is 1. The SMILES string of the molecule is CCCc1n[nH]c2cc([N+](=O)[O-])ccc12. The van der Waals surface area contributed by atoms with Crippen LogP contribution in [0.5, 0.6) is 0 Å². The molecule has 0 amide bonds. The molecule has 1 N–H and O–H groups in total. The number of nitro groups is 1. The maximum Gasteiger partial charge on any atom is 0.271 e. The number of nitrogens with one attached hydrogen (secondary N) is 1. The first-order chi connectivity index (χ1) is 7.22. The Labute approximate surface area is 86.3 Å². The number of aromatic nitrogens is 2. The zero-order chi connectivity index (χ0) is 10.8. The minimum Gasteiger partial charge on any atom is -0.277 e. The Balaban J connectivity index is 2.51. The van der Waals surface area contributed by atoms with Gasteiger partial charge in [0.25, 0.3) is 5.69 Å². The van der Waals surface area contributed by atoms with Crippen LogP contribution in [-0.4, -0.2) is 15.1 Å². The average molecular weight is 205 g/mol. The summed E-state index contributed by atoms with van der Waals surface area (Å²) in [6.07, 6.45) is 1.90. The highest BCUT2D eigenvalue weighted by Gasteiger charge is 2.10. The number of H-pyrrole nitrogens is 1. The van der Waals surface area contributed by atoms with Crippen molar-refractivity contribution in [3.63, 3.8) is 0 Å². The van der Waals surface area contributed by atoms with Gasteiger partial charge >= 0.3 is 0 Å². The summed E-state index contributed by atoms with van der Waals surface area (Å²) in [5.74, 6) is 0. The van der Waals surface area contributed by atoms with Gasteiger partial charge in [0.05, 0.1) is 16.1 Å². The number of non-ortho nitro benzene ring substituents is 1. The first kappa shape index (κ1) is 9.64. The van der Waals surface area contributed by atoms with Crippen molar-refractivity contribution in [2.45, 2.75) is 19.8 Å². The lowest BCUT2D eigenvalue weighted by Crippen LogP contribution is -1.87. The highest BCUT2D eigenvalue weighted by Crippen LogP contribution is 2.22. The smallest absolute Gasteiger partial charge is 0.271 e. The van der Waals surface area contributed by atoms with Crippen LogP contribution >= 0.6 is 0 Å². The molecule has 0 aliphatic carbocycles. The third-order valence-corrected chi connectivity index (χ3v) is 2.32. The van der Waals surface area contributed by atoms with E-state index in [2.05, 4.69) is 17.1 Å². The summed E-state index contributed by atoms with van der Waals surface area (Å²) in [6, 6.07) is 4.78. The molecular weight excluding hydrogens is 194 g/mol. The Bertz CT molecular complexity index is 504. The van der Waals surface area contributed by atoms with E-state index in [4.69, 9.17) is 0 Å². The molecule has 1 heterocycles. The normalized spacial score (nSPS) is 10.7. The number of aromatic amines is 1. The van der Waals surface area contributed by atoms with Crippen molar-refractivity contribution in [1.29, 1.82) is 0 Å². The van der Waals surface area contributed by atoms with Gasteiger partial charge in [0.15, 0.2) is 0 Å². The Hall–Kier alpha value is -1.91. The van der Waals surface area contributed by atoms with Crippen molar-refractivity contribution in [3.05, 3.63) is 34.0 Å². The number of fused-ring (bicyclic) bond motifs is 1. The largest absolute Gasteiger partial charge is 0.277 e. The fourth-order valence-corrected chi connectivity index (χ4v) is 1.61. The molecule has 0 fully saturated rings. The van der Waals surface area contributed by atoms with Gasteiger partial charge in [-0.05, 0) is 12.5 Å². The van der Waals surface area contributed by atoms with Gasteiger partial charge in [-0.2, -0.15) is 5.10 Å². The second-order valence-electron chi connectivity index (χ2n) is 3.41. The van der Waals surface area contributed by atoms with Crippen molar-refractivity contribution in [3.8, 4) is 0 Å². The molecule has 0 spiro atoms. The van der Waals surface area contributed by atoms with Gasteiger partial charge in [0, 0.05) is 17.5 Å². The quantitative estimate of drug-likeness (QED) is 0.617. The first-order valence-corrected chi connectivity index (χ1v) is 4.83. The molecule has 0 bridgehead atoms. The lowest BCUT2D eigenvalue weighted by Gasteiger charge is -1.93. The number of hydrogen-bond acceptors (Lipinski definition) is 3. The lowest BCUT2D eigenvalue weighted by molar-refractivity contribution is -0.384. The van der Waals surface area contributed by atoms with Crippen LogP contribution in [0.4, 0.5) is 5.69 Å². The minimum atomic E-state index is -0.403. The molecule has 78 valence electrons. The molecule has 0 saturated heterocycles. The van der Waals surface area contributed by atoms with Gasteiger partial charge in [-0.15, -0.1) is 0 Å². The van der Waals surface area contributed by atoms with Crippen LogP contribution in [0.2, 0.25) is 0 Å². The van der Waals surface area contributed by atoms with Gasteiger partial charge in [0.2, 0.25) is 0 Å². The Morgan fingerprint density at radius 3 is 3.00 bits per heavy atom. The molecule has 15 heavy (non-hydrogen) atoms. The number of nitrogens with zero attached hydrogens (tertiary/aromatic N) is 2. The summed E-state index contributed by atoms with van der Waals surface area (Å²) in [5.41, 5.74) is 1.80. The predicted octanol–water partition coefficient (Wildman–Crippen LogP) is 2.42. The molecule has 0 aliphatic rings. The van der Waals surface area contributed by atoms with E-state index >= 15 is 0 Å². The predicted molar refractivity (Wildman–Crippen MR) is 56.7 cm³/mol. The fourth-order valence-electron chi connectivity index (χ4n) is 1.61. The molecule has 2 rings (SSSR count). The number of benzene rings is 1. The summed E-state index contributed by atoms with van der Waals surface area (Å²) in [4.78, 5) is 10.1. The third kappa shape index (κ3) is 1.68. The molecular formula is C10H11N3O2. The molecule has 0 saturated carbocycles. The van der Waals surface area contributed by atoms with E-state index in [1.165, 1.54) is 12.1 Å². The van der Waals surface area contributed by atoms with Crippen LogP contribution in [0, 0.1) is 10.1 Å². The zero-order valence-electron chi connectivity index (χ0n) is 8.36. The maximum absolute atomic E-state index is 10.5. The third-order valence-electron chi connectivity index (χ3n) is 2.32. The van der Waals surface area contributed by atoms with E-state index in [1.54, 1.807) is 6.07 Å². The number of hydrogen-bond donors (Lipinski definition) is 1. The highest BCUT2D eigenvalue weighted by molar-refractivity contribution is 5.83. The van der Waals surface area contributed by atoms with Crippen LogP contribution in [0.15, 0.2) is 18.2 Å². The summed E-state index contributed by atoms with van der Waals surface area (Å²) >= 11 is 0. The Morgan fingerprint density at radius 2 is 2.33 bits per heavy atom. The molecule has 5 heteroatoms. The zero-order valence-corrected chi connectivity index (χ0v) is 8.36. The molecule has 0 unspecified atom stereocenters. The van der Waals surface area contributed by atoms with Crippen molar-refractivity contribution in [2.24, 2.45) is 0 Å². The van der Waals surface area contributed by atoms with E-state index in [9.17, 15) is 10.1 Å². The number of nitro benzene ring substituents is 1. The van der Waals surface area contributed by atoms with Crippen molar-refractivity contribution in [1.82, 2.24) is 10.2 Å². The van der Waals surface area contributed by atoms with Crippen molar-refractivity contribution in [2.75, 3.05) is 0 Å². The highest BCUT2D eigenvalue weighted by atomic mass is 16.6. The minimum absolute atomic E-state index is 0.0919. The fraction of sp³-hybridized carbons (Fsp3) is 0.300. The van der Waals surface area contributed by atoms with Crippen molar-refractivity contribution >= 4 is 16.6 Å². The summed E-state index contributed by atoms with van der Waals surface area (Å²) < 4.78 is 0. The second-order valence-corrected chi connectivity index (χ2v) is 3.41. The first-order valence-electron chi connectivity index (χ1n) is 4.83. The molecule has 1 aromatic carbocycles. The van der Waals surface area contributed by atoms with E-state index in [0.717, 1.165) is 29.4 Å². The van der Waals surface area contributed by atoms with Gasteiger partial charge in [-0.1, -0.05) is 13.3 Å². The standard InChI is InChI=1S/C10H11N3O2/c1-2-3-9-8-5-4-7(13(14)15)6-10(8)12-11-9/h4-6H,2-3H2,1H3,(H,11,12). The summed E-state index contributed by atoms with van der Waals surface area (Å²) in [6.45, 7) is 2.08. The van der Waals surface area contributed by atoms with Crippen LogP contribution in [-0.2, 0) is 6.42 Å². The lowest BCUT2D eigenvalue weighted by atomic mass is 10.1. The van der Waals surface area contributed by atoms with Crippen LogP contribution in [0.3, 0.4) is 0 Å². The van der Waals surface area contributed by atoms with Gasteiger partial charge in [0.1, 0.15) is 0 Å². The van der Waals surface area contributed by atoms with Crippen molar-refractivity contribution < 1.29 is 4.92 Å². The average Bonchev–Trinajstić information content (AvgIpc) is 2.61. The van der Waals surface area contributed by atoms with E-state index in [0.29, 0.717) is 0 Å². The molecule has 0 aliphatic heterocycles. The van der Waals surface area contributed by atoms with Crippen LogP contribution < -0.4 is 0 Å². The summed E-state index contributed by atoms with van der Waals surface area (Å²) in [7, 11) is 0. The van der Waals surface area contributed by atoms with E-state index < -0.39 is 4.92 Å². The monoisotopic (exact) mass is 205 g/mol. The topological polar surface area (TPSA) is 71.8 Å². The molecule has 1 aromatic heterocycles. The van der Waals surface area contributed by atoms with Gasteiger partial charge in [-0.25, -0.2) is 0 Å². The molecule has 0 atom stereocenters. The maximum atomic E-state index is 10.5.